The predicted octanol–water partition coefficient (Wildman–Crippen LogP) is 0.00930. The first-order valence-corrected chi connectivity index (χ1v) is 5.13. The molecule has 80 valence electrons. The molecule has 16 heavy (non-hydrogen) atoms. The highest BCUT2D eigenvalue weighted by Gasteiger charge is 2.25. The van der Waals surface area contributed by atoms with Crippen molar-refractivity contribution in [1.82, 2.24) is 15.0 Å². The van der Waals surface area contributed by atoms with E-state index in [9.17, 15) is 0 Å². The van der Waals surface area contributed by atoms with Crippen molar-refractivity contribution in [1.29, 1.82) is 0 Å². The van der Waals surface area contributed by atoms with E-state index in [0.29, 0.717) is 13.2 Å². The summed E-state index contributed by atoms with van der Waals surface area (Å²) in [5.74, 6) is 0. The first-order chi connectivity index (χ1) is 7.93. The summed E-state index contributed by atoms with van der Waals surface area (Å²) in [4.78, 5) is 1.57. The van der Waals surface area contributed by atoms with Gasteiger partial charge in [0.2, 0.25) is 0 Å². The minimum absolute atomic E-state index is 0.223. The van der Waals surface area contributed by atoms with Gasteiger partial charge in [0.15, 0.2) is 0 Å². The summed E-state index contributed by atoms with van der Waals surface area (Å²) in [6.45, 7) is 1.32. The van der Waals surface area contributed by atoms with Crippen molar-refractivity contribution in [2.45, 2.75) is 0 Å². The van der Waals surface area contributed by atoms with Gasteiger partial charge in [-0.15, -0.1) is 0 Å². The minimum atomic E-state index is -0.223. The molecule has 0 amide bonds. The molecule has 1 aliphatic rings. The molecule has 1 aromatic carbocycles. The first-order valence-electron chi connectivity index (χ1n) is 5.13. The van der Waals surface area contributed by atoms with Crippen molar-refractivity contribution >= 4 is 12.6 Å². The molecule has 0 saturated carbocycles. The first kappa shape index (κ1) is 9.56. The zero-order chi connectivity index (χ0) is 10.8. The van der Waals surface area contributed by atoms with Crippen LogP contribution in [0.1, 0.15) is 0 Å². The average Bonchev–Trinajstić information content (AvgIpc) is 3.03. The van der Waals surface area contributed by atoms with E-state index in [-0.39, 0.29) is 7.12 Å². The van der Waals surface area contributed by atoms with Crippen LogP contribution in [0.4, 0.5) is 0 Å². The third-order valence-electron chi connectivity index (χ3n) is 2.44. The molecule has 1 aliphatic heterocycles. The topological polar surface area (TPSA) is 49.2 Å². The van der Waals surface area contributed by atoms with Crippen LogP contribution in [0.25, 0.3) is 5.69 Å². The molecule has 1 saturated heterocycles. The highest BCUT2D eigenvalue weighted by Crippen LogP contribution is 2.05. The van der Waals surface area contributed by atoms with Crippen LogP contribution in [0.5, 0.6) is 0 Å². The van der Waals surface area contributed by atoms with Gasteiger partial charge in [0.25, 0.3) is 0 Å². The van der Waals surface area contributed by atoms with Crippen LogP contribution >= 0.6 is 0 Å². The maximum absolute atomic E-state index is 5.41. The van der Waals surface area contributed by atoms with Crippen molar-refractivity contribution < 1.29 is 9.31 Å². The monoisotopic (exact) mass is 215 g/mol. The largest absolute Gasteiger partial charge is 0.494 e. The smallest absolute Gasteiger partial charge is 0.405 e. The highest BCUT2D eigenvalue weighted by molar-refractivity contribution is 6.61. The van der Waals surface area contributed by atoms with Gasteiger partial charge >= 0.3 is 7.12 Å². The van der Waals surface area contributed by atoms with E-state index in [0.717, 1.165) is 11.2 Å². The molecule has 2 aromatic rings. The van der Waals surface area contributed by atoms with Crippen molar-refractivity contribution in [2.24, 2.45) is 0 Å². The summed E-state index contributed by atoms with van der Waals surface area (Å²) in [6, 6.07) is 7.82. The summed E-state index contributed by atoms with van der Waals surface area (Å²) in [7, 11) is -0.223. The SMILES string of the molecule is c1cnn(-c2ccc(B3OCCO3)cc2)n1. The summed E-state index contributed by atoms with van der Waals surface area (Å²) >= 11 is 0. The van der Waals surface area contributed by atoms with Gasteiger partial charge in [-0.1, -0.05) is 12.1 Å². The lowest BCUT2D eigenvalue weighted by molar-refractivity contribution is 0.365. The van der Waals surface area contributed by atoms with Crippen molar-refractivity contribution in [3.63, 3.8) is 0 Å². The van der Waals surface area contributed by atoms with Gasteiger partial charge in [-0.2, -0.15) is 15.0 Å². The Bertz CT molecular complexity index is 451. The van der Waals surface area contributed by atoms with E-state index < -0.39 is 0 Å². The molecule has 0 bridgehead atoms. The van der Waals surface area contributed by atoms with Crippen LogP contribution in [-0.2, 0) is 9.31 Å². The lowest BCUT2D eigenvalue weighted by Crippen LogP contribution is -2.31. The number of nitrogens with zero attached hydrogens (tertiary/aromatic N) is 3. The molecular weight excluding hydrogens is 205 g/mol. The number of benzene rings is 1. The second-order valence-electron chi connectivity index (χ2n) is 3.48. The van der Waals surface area contributed by atoms with E-state index in [1.165, 1.54) is 0 Å². The van der Waals surface area contributed by atoms with Gasteiger partial charge in [-0.3, -0.25) is 0 Å². The van der Waals surface area contributed by atoms with Crippen LogP contribution in [0, 0.1) is 0 Å². The van der Waals surface area contributed by atoms with Gasteiger partial charge in [0, 0.05) is 0 Å². The molecule has 1 fully saturated rings. The molecular formula is C10H10BN3O2. The van der Waals surface area contributed by atoms with Crippen molar-refractivity contribution in [3.8, 4) is 5.69 Å². The Morgan fingerprint density at radius 2 is 1.62 bits per heavy atom. The van der Waals surface area contributed by atoms with Gasteiger partial charge in [-0.25, -0.2) is 0 Å². The predicted molar refractivity (Wildman–Crippen MR) is 58.7 cm³/mol. The lowest BCUT2D eigenvalue weighted by Gasteiger charge is -2.05. The van der Waals surface area contributed by atoms with Crippen molar-refractivity contribution in [2.75, 3.05) is 13.2 Å². The molecule has 0 atom stereocenters. The van der Waals surface area contributed by atoms with Gasteiger partial charge in [0.05, 0.1) is 31.3 Å². The zero-order valence-electron chi connectivity index (χ0n) is 8.61. The fraction of sp³-hybridized carbons (Fsp3) is 0.200. The van der Waals surface area contributed by atoms with Crippen LogP contribution in [0.3, 0.4) is 0 Å². The van der Waals surface area contributed by atoms with Gasteiger partial charge < -0.3 is 9.31 Å². The molecule has 0 N–H and O–H groups in total. The summed E-state index contributed by atoms with van der Waals surface area (Å²) in [6.07, 6.45) is 3.30. The maximum Gasteiger partial charge on any atom is 0.494 e. The number of aromatic nitrogens is 3. The quantitative estimate of drug-likeness (QED) is 0.662. The maximum atomic E-state index is 5.41. The van der Waals surface area contributed by atoms with Crippen LogP contribution in [0.2, 0.25) is 0 Å². The third kappa shape index (κ3) is 1.73. The molecule has 0 radical (unpaired) electrons. The number of hydrogen-bond acceptors (Lipinski definition) is 4. The Morgan fingerprint density at radius 1 is 1.00 bits per heavy atom. The molecule has 1 aromatic heterocycles. The fourth-order valence-corrected chi connectivity index (χ4v) is 1.66. The van der Waals surface area contributed by atoms with Crippen LogP contribution < -0.4 is 5.46 Å². The normalized spacial score (nSPS) is 15.6. The van der Waals surface area contributed by atoms with Crippen molar-refractivity contribution in [3.05, 3.63) is 36.7 Å². The average molecular weight is 215 g/mol. The Labute approximate surface area is 93.1 Å². The summed E-state index contributed by atoms with van der Waals surface area (Å²) in [5.41, 5.74) is 1.94. The Morgan fingerprint density at radius 3 is 2.25 bits per heavy atom. The van der Waals surface area contributed by atoms with Gasteiger partial charge in [-0.05, 0) is 17.6 Å². The van der Waals surface area contributed by atoms with Crippen LogP contribution in [0.15, 0.2) is 36.7 Å². The van der Waals surface area contributed by atoms with E-state index in [1.807, 2.05) is 24.3 Å². The second-order valence-corrected chi connectivity index (χ2v) is 3.48. The number of rotatable bonds is 2. The second kappa shape index (κ2) is 4.07. The Hall–Kier alpha value is -1.66. The number of hydrogen-bond donors (Lipinski definition) is 0. The Balaban J connectivity index is 1.84. The van der Waals surface area contributed by atoms with Crippen LogP contribution in [-0.4, -0.2) is 35.3 Å². The van der Waals surface area contributed by atoms with E-state index in [4.69, 9.17) is 9.31 Å². The molecule has 5 nitrogen and oxygen atoms in total. The Kier molecular flexibility index (Phi) is 2.43. The molecule has 2 heterocycles. The molecule has 0 unspecified atom stereocenters. The van der Waals surface area contributed by atoms with E-state index in [1.54, 1.807) is 17.2 Å². The van der Waals surface area contributed by atoms with E-state index >= 15 is 0 Å². The molecule has 3 rings (SSSR count). The van der Waals surface area contributed by atoms with Gasteiger partial charge in [0.1, 0.15) is 0 Å². The molecule has 0 aliphatic carbocycles. The highest BCUT2D eigenvalue weighted by atomic mass is 16.6. The fourth-order valence-electron chi connectivity index (χ4n) is 1.66. The summed E-state index contributed by atoms with van der Waals surface area (Å²) < 4.78 is 10.8. The zero-order valence-corrected chi connectivity index (χ0v) is 8.61. The minimum Gasteiger partial charge on any atom is -0.405 e. The lowest BCUT2D eigenvalue weighted by atomic mass is 9.79. The summed E-state index contributed by atoms with van der Waals surface area (Å²) in [5, 5.41) is 8.11. The third-order valence-corrected chi connectivity index (χ3v) is 2.44. The van der Waals surface area contributed by atoms with E-state index in [2.05, 4.69) is 10.2 Å². The molecule has 6 heteroatoms. The molecule has 0 spiro atoms. The standard InChI is InChI=1S/C10H10BN3O2/c1-3-10(14-12-5-6-13-14)4-2-9(1)11-15-7-8-16-11/h1-6H,7-8H2.